The molecule has 0 fully saturated rings. The van der Waals surface area contributed by atoms with Crippen LogP contribution in [0.25, 0.3) is 0 Å². The number of para-hydroxylation sites is 1. The van der Waals surface area contributed by atoms with E-state index in [0.717, 1.165) is 5.56 Å². The van der Waals surface area contributed by atoms with Crippen molar-refractivity contribution in [2.45, 2.75) is 19.6 Å². The SMILES string of the molecule is CN=C(NCCc1ccc(C(=O)OC)cc1)NCc1ccccc1OC(F)F. The fraction of sp³-hybridized carbons (Fsp3) is 0.300. The lowest BCUT2D eigenvalue weighted by Crippen LogP contribution is -2.37. The predicted octanol–water partition coefficient (Wildman–Crippen LogP) is 2.98. The minimum Gasteiger partial charge on any atom is -0.465 e. The van der Waals surface area contributed by atoms with E-state index in [1.54, 1.807) is 37.4 Å². The smallest absolute Gasteiger partial charge is 0.387 e. The summed E-state index contributed by atoms with van der Waals surface area (Å²) in [6.45, 7) is -1.98. The van der Waals surface area contributed by atoms with Gasteiger partial charge in [-0.05, 0) is 30.2 Å². The second-order valence-electron chi connectivity index (χ2n) is 5.78. The Bertz CT molecular complexity index is 796. The van der Waals surface area contributed by atoms with Gasteiger partial charge >= 0.3 is 12.6 Å². The van der Waals surface area contributed by atoms with Gasteiger partial charge in [0.25, 0.3) is 0 Å². The van der Waals surface area contributed by atoms with Gasteiger partial charge in [-0.3, -0.25) is 4.99 Å². The van der Waals surface area contributed by atoms with Crippen LogP contribution in [0.4, 0.5) is 8.78 Å². The van der Waals surface area contributed by atoms with Crippen LogP contribution in [0.2, 0.25) is 0 Å². The van der Waals surface area contributed by atoms with E-state index < -0.39 is 6.61 Å². The van der Waals surface area contributed by atoms with Crippen LogP contribution in [0.1, 0.15) is 21.5 Å². The second-order valence-corrected chi connectivity index (χ2v) is 5.78. The molecule has 0 radical (unpaired) electrons. The van der Waals surface area contributed by atoms with E-state index in [-0.39, 0.29) is 18.3 Å². The van der Waals surface area contributed by atoms with Gasteiger partial charge in [0.15, 0.2) is 5.96 Å². The number of carbonyl (C=O) groups is 1. The third kappa shape index (κ3) is 6.53. The number of hydrogen-bond donors (Lipinski definition) is 2. The van der Waals surface area contributed by atoms with E-state index in [1.807, 2.05) is 12.1 Å². The number of aliphatic imine (C=N–C) groups is 1. The Balaban J connectivity index is 1.83. The Morgan fingerprint density at radius 3 is 2.46 bits per heavy atom. The molecule has 0 unspecified atom stereocenters. The van der Waals surface area contributed by atoms with Gasteiger partial charge < -0.3 is 20.1 Å². The molecule has 28 heavy (non-hydrogen) atoms. The van der Waals surface area contributed by atoms with Crippen LogP contribution < -0.4 is 15.4 Å². The van der Waals surface area contributed by atoms with Crippen molar-refractivity contribution in [3.63, 3.8) is 0 Å². The van der Waals surface area contributed by atoms with Gasteiger partial charge in [0, 0.05) is 25.7 Å². The fourth-order valence-corrected chi connectivity index (χ4v) is 2.51. The summed E-state index contributed by atoms with van der Waals surface area (Å²) in [6.07, 6.45) is 0.716. The third-order valence-electron chi connectivity index (χ3n) is 3.94. The van der Waals surface area contributed by atoms with E-state index in [0.29, 0.717) is 30.1 Å². The van der Waals surface area contributed by atoms with E-state index in [9.17, 15) is 13.6 Å². The number of rotatable bonds is 8. The lowest BCUT2D eigenvalue weighted by atomic mass is 10.1. The van der Waals surface area contributed by atoms with Crippen LogP contribution in [-0.2, 0) is 17.7 Å². The quantitative estimate of drug-likeness (QED) is 0.411. The molecule has 0 amide bonds. The van der Waals surface area contributed by atoms with E-state index >= 15 is 0 Å². The number of ether oxygens (including phenoxy) is 2. The van der Waals surface area contributed by atoms with Crippen LogP contribution in [0.15, 0.2) is 53.5 Å². The third-order valence-corrected chi connectivity index (χ3v) is 3.94. The Morgan fingerprint density at radius 2 is 1.82 bits per heavy atom. The average molecular weight is 391 g/mol. The Kier molecular flexibility index (Phi) is 8.20. The highest BCUT2D eigenvalue weighted by Gasteiger charge is 2.09. The van der Waals surface area contributed by atoms with Gasteiger partial charge in [-0.1, -0.05) is 30.3 Å². The molecule has 0 bridgehead atoms. The first-order valence-electron chi connectivity index (χ1n) is 8.68. The summed E-state index contributed by atoms with van der Waals surface area (Å²) in [4.78, 5) is 15.5. The van der Waals surface area contributed by atoms with Crippen LogP contribution in [-0.4, -0.2) is 39.2 Å². The van der Waals surface area contributed by atoms with Crippen molar-refractivity contribution >= 4 is 11.9 Å². The van der Waals surface area contributed by atoms with Crippen molar-refractivity contribution in [3.05, 3.63) is 65.2 Å². The second kappa shape index (κ2) is 10.9. The topological polar surface area (TPSA) is 72.0 Å². The van der Waals surface area contributed by atoms with Crippen molar-refractivity contribution in [2.24, 2.45) is 4.99 Å². The van der Waals surface area contributed by atoms with Crippen LogP contribution in [0.5, 0.6) is 5.75 Å². The molecule has 0 saturated carbocycles. The van der Waals surface area contributed by atoms with Crippen molar-refractivity contribution in [2.75, 3.05) is 20.7 Å². The van der Waals surface area contributed by atoms with Gasteiger partial charge in [-0.15, -0.1) is 0 Å². The molecular formula is C20H23F2N3O3. The van der Waals surface area contributed by atoms with Crippen molar-refractivity contribution in [3.8, 4) is 5.75 Å². The summed E-state index contributed by atoms with van der Waals surface area (Å²) in [5.74, 6) is 0.301. The monoisotopic (exact) mass is 391 g/mol. The first-order valence-corrected chi connectivity index (χ1v) is 8.68. The molecule has 0 heterocycles. The highest BCUT2D eigenvalue weighted by atomic mass is 19.3. The van der Waals surface area contributed by atoms with Crippen molar-refractivity contribution < 1.29 is 23.0 Å². The summed E-state index contributed by atoms with van der Waals surface area (Å²) in [6, 6.07) is 13.8. The number of alkyl halides is 2. The number of esters is 1. The lowest BCUT2D eigenvalue weighted by molar-refractivity contribution is -0.0504. The number of methoxy groups -OCH3 is 1. The zero-order chi connectivity index (χ0) is 20.4. The minimum atomic E-state index is -2.87. The van der Waals surface area contributed by atoms with E-state index in [2.05, 4.69) is 25.1 Å². The summed E-state index contributed by atoms with van der Waals surface area (Å²) in [5.41, 5.74) is 2.15. The maximum atomic E-state index is 12.5. The largest absolute Gasteiger partial charge is 0.465 e. The maximum absolute atomic E-state index is 12.5. The molecule has 2 N–H and O–H groups in total. The molecule has 2 aromatic rings. The fourth-order valence-electron chi connectivity index (χ4n) is 2.51. The molecule has 6 nitrogen and oxygen atoms in total. The number of halogens is 2. The zero-order valence-electron chi connectivity index (χ0n) is 15.7. The summed E-state index contributed by atoms with van der Waals surface area (Å²) < 4.78 is 34.1. The van der Waals surface area contributed by atoms with Crippen LogP contribution in [0.3, 0.4) is 0 Å². The van der Waals surface area contributed by atoms with Gasteiger partial charge in [0.1, 0.15) is 5.75 Å². The lowest BCUT2D eigenvalue weighted by Gasteiger charge is -2.14. The highest BCUT2D eigenvalue weighted by molar-refractivity contribution is 5.89. The molecule has 0 aliphatic carbocycles. The first kappa shape index (κ1) is 21.1. The molecular weight excluding hydrogens is 368 g/mol. The molecule has 8 heteroatoms. The molecule has 0 aliphatic heterocycles. The van der Waals surface area contributed by atoms with Gasteiger partial charge in [-0.2, -0.15) is 8.78 Å². The van der Waals surface area contributed by atoms with Crippen LogP contribution >= 0.6 is 0 Å². The molecule has 150 valence electrons. The number of hydrogen-bond acceptors (Lipinski definition) is 4. The normalized spacial score (nSPS) is 11.2. The molecule has 0 spiro atoms. The Labute approximate surface area is 162 Å². The van der Waals surface area contributed by atoms with E-state index in [4.69, 9.17) is 0 Å². The Morgan fingerprint density at radius 1 is 1.11 bits per heavy atom. The number of nitrogens with zero attached hydrogens (tertiary/aromatic N) is 1. The maximum Gasteiger partial charge on any atom is 0.387 e. The zero-order valence-corrected chi connectivity index (χ0v) is 15.7. The van der Waals surface area contributed by atoms with Crippen molar-refractivity contribution in [1.82, 2.24) is 10.6 Å². The molecule has 0 aliphatic rings. The van der Waals surface area contributed by atoms with Crippen LogP contribution in [0, 0.1) is 0 Å². The molecule has 0 saturated heterocycles. The average Bonchev–Trinajstić information content (AvgIpc) is 2.71. The summed E-state index contributed by atoms with van der Waals surface area (Å²) in [5, 5.41) is 6.23. The minimum absolute atomic E-state index is 0.131. The first-order chi connectivity index (χ1) is 13.5. The summed E-state index contributed by atoms with van der Waals surface area (Å²) in [7, 11) is 2.97. The molecule has 2 rings (SSSR count). The number of nitrogens with one attached hydrogen (secondary N) is 2. The highest BCUT2D eigenvalue weighted by Crippen LogP contribution is 2.19. The van der Waals surface area contributed by atoms with E-state index in [1.165, 1.54) is 13.2 Å². The molecule has 0 atom stereocenters. The molecule has 2 aromatic carbocycles. The standard InChI is InChI=1S/C20H23F2N3O3/c1-23-20(25-13-16-5-3-4-6-17(16)28-19(21)22)24-12-11-14-7-9-15(10-8-14)18(26)27-2/h3-10,19H,11-13H2,1-2H3,(H2,23,24,25). The number of guanidine groups is 1. The van der Waals surface area contributed by atoms with Crippen molar-refractivity contribution in [1.29, 1.82) is 0 Å². The summed E-state index contributed by atoms with van der Waals surface area (Å²) >= 11 is 0. The number of benzene rings is 2. The van der Waals surface area contributed by atoms with Gasteiger partial charge in [-0.25, -0.2) is 4.79 Å². The predicted molar refractivity (Wildman–Crippen MR) is 103 cm³/mol. The number of carbonyl (C=O) groups excluding carboxylic acids is 1. The molecule has 0 aromatic heterocycles. The van der Waals surface area contributed by atoms with Gasteiger partial charge in [0.05, 0.1) is 12.7 Å². The Hall–Kier alpha value is -3.16. The van der Waals surface area contributed by atoms with Gasteiger partial charge in [0.2, 0.25) is 0 Å².